The molecule has 0 radical (unpaired) electrons. The van der Waals surface area contributed by atoms with Gasteiger partial charge in [0, 0.05) is 25.4 Å². The van der Waals surface area contributed by atoms with Crippen molar-refractivity contribution in [1.29, 1.82) is 0 Å². The van der Waals surface area contributed by atoms with Crippen molar-refractivity contribution < 1.29 is 9.53 Å². The number of carbonyl (C=O) groups excluding carboxylic acids is 1. The van der Waals surface area contributed by atoms with Crippen LogP contribution in [-0.2, 0) is 16.1 Å². The molecule has 0 saturated heterocycles. The molecule has 0 spiro atoms. The van der Waals surface area contributed by atoms with E-state index >= 15 is 0 Å². The Kier molecular flexibility index (Phi) is 4.88. The third kappa shape index (κ3) is 5.38. The van der Waals surface area contributed by atoms with Crippen LogP contribution in [0.1, 0.15) is 40.0 Å². The van der Waals surface area contributed by atoms with Crippen LogP contribution in [0, 0.1) is 0 Å². The molecule has 0 bridgehead atoms. The fraction of sp³-hybridized carbons (Fsp3) is 0.733. The average Bonchev–Trinajstić information content (AvgIpc) is 3.09. The first-order chi connectivity index (χ1) is 9.88. The van der Waals surface area contributed by atoms with Gasteiger partial charge in [0.15, 0.2) is 0 Å². The predicted molar refractivity (Wildman–Crippen MR) is 82.2 cm³/mol. The second-order valence-corrected chi connectivity index (χ2v) is 6.48. The molecule has 1 aliphatic rings. The first kappa shape index (κ1) is 15.8. The van der Waals surface area contributed by atoms with Gasteiger partial charge in [0.1, 0.15) is 6.54 Å². The van der Waals surface area contributed by atoms with E-state index in [4.69, 9.17) is 4.74 Å². The van der Waals surface area contributed by atoms with Gasteiger partial charge in [-0.2, -0.15) is 5.10 Å². The fourth-order valence-electron chi connectivity index (χ4n) is 2.33. The van der Waals surface area contributed by atoms with Gasteiger partial charge in [-0.15, -0.1) is 0 Å². The second kappa shape index (κ2) is 6.47. The van der Waals surface area contributed by atoms with E-state index in [9.17, 15) is 4.79 Å². The van der Waals surface area contributed by atoms with Crippen LogP contribution in [0.3, 0.4) is 0 Å². The number of aromatic nitrogens is 2. The summed E-state index contributed by atoms with van der Waals surface area (Å²) in [7, 11) is 1.73. The molecule has 0 aliphatic heterocycles. The summed E-state index contributed by atoms with van der Waals surface area (Å²) in [5, 5.41) is 10.6. The summed E-state index contributed by atoms with van der Waals surface area (Å²) >= 11 is 0. The first-order valence-corrected chi connectivity index (χ1v) is 7.51. The second-order valence-electron chi connectivity index (χ2n) is 6.48. The highest BCUT2D eigenvalue weighted by atomic mass is 16.5. The lowest BCUT2D eigenvalue weighted by Crippen LogP contribution is -2.31. The number of anilines is 1. The molecule has 6 nitrogen and oxygen atoms in total. The molecule has 1 aromatic heterocycles. The largest absolute Gasteiger partial charge is 0.380 e. The number of nitrogens with zero attached hydrogens (tertiary/aromatic N) is 2. The summed E-state index contributed by atoms with van der Waals surface area (Å²) in [6, 6.07) is 0.653. The summed E-state index contributed by atoms with van der Waals surface area (Å²) in [5.74, 6) is 0.0284. The van der Waals surface area contributed by atoms with Crippen molar-refractivity contribution in [2.45, 2.75) is 64.3 Å². The number of carbonyl (C=O) groups is 1. The van der Waals surface area contributed by atoms with Crippen molar-refractivity contribution in [2.75, 3.05) is 12.4 Å². The smallest absolute Gasteiger partial charge is 0.241 e. The van der Waals surface area contributed by atoms with Crippen molar-refractivity contribution in [2.24, 2.45) is 0 Å². The quantitative estimate of drug-likeness (QED) is 0.767. The lowest BCUT2D eigenvalue weighted by atomic mass is 10.00. The van der Waals surface area contributed by atoms with Crippen molar-refractivity contribution in [1.82, 2.24) is 15.1 Å². The lowest BCUT2D eigenvalue weighted by molar-refractivity contribution is -0.122. The maximum atomic E-state index is 11.7. The van der Waals surface area contributed by atoms with Crippen LogP contribution in [0.15, 0.2) is 12.4 Å². The van der Waals surface area contributed by atoms with Gasteiger partial charge in [-0.1, -0.05) is 0 Å². The van der Waals surface area contributed by atoms with Crippen molar-refractivity contribution >= 4 is 11.6 Å². The molecule has 2 N–H and O–H groups in total. The van der Waals surface area contributed by atoms with Gasteiger partial charge in [0.25, 0.3) is 0 Å². The Bertz CT molecular complexity index is 480. The number of amides is 1. The van der Waals surface area contributed by atoms with Crippen LogP contribution in [0.4, 0.5) is 5.69 Å². The van der Waals surface area contributed by atoms with Crippen molar-refractivity contribution in [3.05, 3.63) is 12.4 Å². The Hall–Kier alpha value is -1.56. The van der Waals surface area contributed by atoms with E-state index in [1.807, 2.05) is 6.20 Å². The standard InChI is InChI=1S/C15H26N4O2/c1-11(7-15(2,3)21-4)17-13-8-16-19(9-13)10-14(20)18-12-5-6-12/h8-9,11-12,17H,5-7,10H2,1-4H3,(H,18,20). The molecule has 1 aromatic rings. The van der Waals surface area contributed by atoms with Gasteiger partial charge < -0.3 is 15.4 Å². The van der Waals surface area contributed by atoms with E-state index in [2.05, 4.69) is 36.5 Å². The number of hydrogen-bond acceptors (Lipinski definition) is 4. The van der Waals surface area contributed by atoms with Crippen LogP contribution in [0.25, 0.3) is 0 Å². The molecular formula is C15H26N4O2. The maximum absolute atomic E-state index is 11.7. The van der Waals surface area contributed by atoms with Crippen LogP contribution in [-0.4, -0.2) is 40.5 Å². The van der Waals surface area contributed by atoms with Crippen LogP contribution in [0.5, 0.6) is 0 Å². The van der Waals surface area contributed by atoms with E-state index < -0.39 is 0 Å². The minimum atomic E-state index is -0.160. The molecule has 118 valence electrons. The SMILES string of the molecule is COC(C)(C)CC(C)Nc1cnn(CC(=O)NC2CC2)c1. The zero-order valence-electron chi connectivity index (χ0n) is 13.3. The number of methoxy groups -OCH3 is 1. The first-order valence-electron chi connectivity index (χ1n) is 7.51. The molecular weight excluding hydrogens is 268 g/mol. The molecule has 1 saturated carbocycles. The van der Waals surface area contributed by atoms with Crippen LogP contribution < -0.4 is 10.6 Å². The van der Waals surface area contributed by atoms with Crippen molar-refractivity contribution in [3.8, 4) is 0 Å². The highest BCUT2D eigenvalue weighted by molar-refractivity contribution is 5.76. The van der Waals surface area contributed by atoms with E-state index in [1.165, 1.54) is 0 Å². The lowest BCUT2D eigenvalue weighted by Gasteiger charge is -2.27. The van der Waals surface area contributed by atoms with Gasteiger partial charge >= 0.3 is 0 Å². The molecule has 1 aliphatic carbocycles. The number of nitrogens with one attached hydrogen (secondary N) is 2. The van der Waals surface area contributed by atoms with E-state index in [-0.39, 0.29) is 24.1 Å². The monoisotopic (exact) mass is 294 g/mol. The zero-order chi connectivity index (χ0) is 15.5. The molecule has 1 amide bonds. The molecule has 2 rings (SSSR count). The Morgan fingerprint density at radius 3 is 2.90 bits per heavy atom. The van der Waals surface area contributed by atoms with Gasteiger partial charge in [0.2, 0.25) is 5.91 Å². The minimum Gasteiger partial charge on any atom is -0.380 e. The molecule has 1 heterocycles. The fourth-order valence-corrected chi connectivity index (χ4v) is 2.33. The molecule has 1 unspecified atom stereocenters. The number of hydrogen-bond donors (Lipinski definition) is 2. The normalized spacial score (nSPS) is 16.6. The minimum absolute atomic E-state index is 0.0284. The van der Waals surface area contributed by atoms with Crippen molar-refractivity contribution in [3.63, 3.8) is 0 Å². The van der Waals surface area contributed by atoms with Crippen LogP contribution >= 0.6 is 0 Å². The Balaban J connectivity index is 1.80. The Morgan fingerprint density at radius 2 is 2.29 bits per heavy atom. The van der Waals surface area contributed by atoms with E-state index in [0.29, 0.717) is 6.04 Å². The number of ether oxygens (including phenoxy) is 1. The molecule has 21 heavy (non-hydrogen) atoms. The highest BCUT2D eigenvalue weighted by Gasteiger charge is 2.23. The summed E-state index contributed by atoms with van der Waals surface area (Å²) < 4.78 is 7.09. The highest BCUT2D eigenvalue weighted by Crippen LogP contribution is 2.19. The average molecular weight is 294 g/mol. The van der Waals surface area contributed by atoms with E-state index in [1.54, 1.807) is 18.0 Å². The van der Waals surface area contributed by atoms with Gasteiger partial charge in [-0.25, -0.2) is 0 Å². The molecule has 0 aromatic carbocycles. The maximum Gasteiger partial charge on any atom is 0.241 e. The Labute approximate surface area is 126 Å². The third-order valence-corrected chi connectivity index (χ3v) is 3.64. The van der Waals surface area contributed by atoms with Gasteiger partial charge in [0.05, 0.1) is 17.5 Å². The topological polar surface area (TPSA) is 68.2 Å². The molecule has 6 heteroatoms. The van der Waals surface area contributed by atoms with E-state index in [0.717, 1.165) is 24.9 Å². The van der Waals surface area contributed by atoms with Crippen LogP contribution in [0.2, 0.25) is 0 Å². The summed E-state index contributed by atoms with van der Waals surface area (Å²) in [6.07, 6.45) is 6.70. The number of rotatable bonds is 8. The summed E-state index contributed by atoms with van der Waals surface area (Å²) in [5.41, 5.74) is 0.764. The Morgan fingerprint density at radius 1 is 1.57 bits per heavy atom. The van der Waals surface area contributed by atoms with Gasteiger partial charge in [-0.05, 0) is 40.0 Å². The summed E-state index contributed by atoms with van der Waals surface area (Å²) in [4.78, 5) is 11.7. The molecule has 1 atom stereocenters. The van der Waals surface area contributed by atoms with Gasteiger partial charge in [-0.3, -0.25) is 9.48 Å². The molecule has 1 fully saturated rings. The summed E-state index contributed by atoms with van der Waals surface area (Å²) in [6.45, 7) is 6.52. The third-order valence-electron chi connectivity index (χ3n) is 3.64. The zero-order valence-corrected chi connectivity index (χ0v) is 13.3. The predicted octanol–water partition coefficient (Wildman–Crippen LogP) is 1.78.